The Balaban J connectivity index is 1.40. The minimum atomic E-state index is -5.06. The Morgan fingerprint density at radius 3 is 2.30 bits per heavy atom. The van der Waals surface area contributed by atoms with Crippen LogP contribution >= 0.6 is 0 Å². The largest absolute Gasteiger partial charge is 0.416 e. The topological polar surface area (TPSA) is 69.1 Å². The number of alkyl halides is 6. The van der Waals surface area contributed by atoms with Gasteiger partial charge in [-0.15, -0.1) is 0 Å². The SMILES string of the molecule is Cc1cc(F)ccc1-c1cc(N2C[C@H]3COCCN3C[C@H]2CO)ncc1N1CC(C)(c2cc(C(F)(F)F)cc(C(F)(F)F)c2)C1=O. The minimum absolute atomic E-state index is 0.0325. The van der Waals surface area contributed by atoms with Crippen molar-refractivity contribution in [3.8, 4) is 11.1 Å². The molecule has 4 heterocycles. The molecule has 46 heavy (non-hydrogen) atoms. The van der Waals surface area contributed by atoms with Crippen LogP contribution in [0.4, 0.5) is 42.2 Å². The lowest BCUT2D eigenvalue weighted by Crippen LogP contribution is -2.63. The van der Waals surface area contributed by atoms with Crippen molar-refractivity contribution in [2.24, 2.45) is 0 Å². The van der Waals surface area contributed by atoms with Gasteiger partial charge in [-0.05, 0) is 66.9 Å². The lowest BCUT2D eigenvalue weighted by Gasteiger charge is -2.49. The number of piperazine rings is 1. The van der Waals surface area contributed by atoms with E-state index in [0.717, 1.165) is 6.54 Å². The van der Waals surface area contributed by atoms with Gasteiger partial charge in [-0.25, -0.2) is 9.37 Å². The second kappa shape index (κ2) is 11.5. The van der Waals surface area contributed by atoms with Crippen LogP contribution in [0.1, 0.15) is 29.2 Å². The van der Waals surface area contributed by atoms with Crippen molar-refractivity contribution in [3.63, 3.8) is 0 Å². The van der Waals surface area contributed by atoms with Crippen LogP contribution in [-0.2, 0) is 27.3 Å². The maximum Gasteiger partial charge on any atom is 0.416 e. The van der Waals surface area contributed by atoms with Gasteiger partial charge < -0.3 is 19.6 Å². The average molecular weight is 653 g/mol. The van der Waals surface area contributed by atoms with Gasteiger partial charge in [0, 0.05) is 31.7 Å². The molecular weight excluding hydrogens is 621 g/mol. The summed E-state index contributed by atoms with van der Waals surface area (Å²) < 4.78 is 101. The number of aliphatic hydroxyl groups is 1. The molecule has 1 amide bonds. The molecule has 3 saturated heterocycles. The number of hydrogen-bond donors (Lipinski definition) is 1. The van der Waals surface area contributed by atoms with Crippen molar-refractivity contribution < 1.29 is 45.4 Å². The quantitative estimate of drug-likeness (QED) is 0.294. The van der Waals surface area contributed by atoms with Gasteiger partial charge in [0.25, 0.3) is 0 Å². The Hall–Kier alpha value is -3.75. The van der Waals surface area contributed by atoms with Gasteiger partial charge in [0.05, 0.1) is 60.3 Å². The zero-order valence-corrected chi connectivity index (χ0v) is 24.9. The first-order valence-corrected chi connectivity index (χ1v) is 14.7. The predicted octanol–water partition coefficient (Wildman–Crippen LogP) is 5.42. The van der Waals surface area contributed by atoms with Crippen molar-refractivity contribution >= 4 is 17.4 Å². The molecule has 3 aliphatic rings. The molecule has 3 aliphatic heterocycles. The average Bonchev–Trinajstić information content (AvgIpc) is 3.01. The first-order valence-electron chi connectivity index (χ1n) is 14.7. The van der Waals surface area contributed by atoms with E-state index in [1.165, 1.54) is 36.2 Å². The van der Waals surface area contributed by atoms with Crippen LogP contribution in [0.15, 0.2) is 48.7 Å². The minimum Gasteiger partial charge on any atom is -0.394 e. The molecule has 1 aromatic heterocycles. The molecule has 7 nitrogen and oxygen atoms in total. The Morgan fingerprint density at radius 2 is 1.70 bits per heavy atom. The fourth-order valence-corrected chi connectivity index (χ4v) is 6.58. The molecule has 2 aromatic carbocycles. The molecule has 3 aromatic rings. The van der Waals surface area contributed by atoms with Crippen molar-refractivity contribution in [2.45, 2.75) is 43.7 Å². The molecule has 0 radical (unpaired) electrons. The number of nitrogens with zero attached hydrogens (tertiary/aromatic N) is 4. The number of anilines is 2. The number of pyridine rings is 1. The van der Waals surface area contributed by atoms with Crippen LogP contribution < -0.4 is 9.80 Å². The summed E-state index contributed by atoms with van der Waals surface area (Å²) in [6.07, 6.45) is -8.70. The monoisotopic (exact) mass is 652 g/mol. The van der Waals surface area contributed by atoms with Gasteiger partial charge >= 0.3 is 12.4 Å². The first-order chi connectivity index (χ1) is 21.6. The number of rotatable bonds is 5. The number of benzene rings is 2. The summed E-state index contributed by atoms with van der Waals surface area (Å²) in [6, 6.07) is 6.78. The van der Waals surface area contributed by atoms with Gasteiger partial charge in [-0.1, -0.05) is 6.07 Å². The highest BCUT2D eigenvalue weighted by Crippen LogP contribution is 2.46. The van der Waals surface area contributed by atoms with Gasteiger partial charge in [0.15, 0.2) is 0 Å². The lowest BCUT2D eigenvalue weighted by atomic mass is 9.73. The summed E-state index contributed by atoms with van der Waals surface area (Å²) in [4.78, 5) is 23.9. The van der Waals surface area contributed by atoms with Crippen LogP contribution in [0.2, 0.25) is 0 Å². The summed E-state index contributed by atoms with van der Waals surface area (Å²) in [5, 5.41) is 10.2. The number of ether oxygens (including phenoxy) is 1. The van der Waals surface area contributed by atoms with Crippen molar-refractivity contribution in [2.75, 3.05) is 55.8 Å². The Kier molecular flexibility index (Phi) is 8.05. The van der Waals surface area contributed by atoms with E-state index < -0.39 is 46.2 Å². The van der Waals surface area contributed by atoms with Gasteiger partial charge in [-0.3, -0.25) is 9.69 Å². The smallest absolute Gasteiger partial charge is 0.394 e. The maximum absolute atomic E-state index is 14.1. The van der Waals surface area contributed by atoms with E-state index in [2.05, 4.69) is 9.88 Å². The first kappa shape index (κ1) is 32.2. The standard InChI is InChI=1S/C32H31F7N4O3/c1-18-7-22(33)3-4-25(18)26-11-28(42-14-24-16-46-6-5-41(24)13-23(42)15-44)40-12-27(26)43-17-30(2,29(43)45)19-8-20(31(34,35)36)10-21(9-19)32(37,38)39/h3-4,7-12,23-24,44H,5-6,13-17H2,1-2H3/t23-,24-,30?/m0/s1. The number of amides is 1. The van der Waals surface area contributed by atoms with E-state index in [-0.39, 0.29) is 37.0 Å². The molecule has 0 aliphatic carbocycles. The Morgan fingerprint density at radius 1 is 1.00 bits per heavy atom. The molecule has 3 atom stereocenters. The molecule has 6 rings (SSSR count). The number of carbonyl (C=O) groups is 1. The van der Waals surface area contributed by atoms with E-state index in [9.17, 15) is 40.6 Å². The maximum atomic E-state index is 14.1. The van der Waals surface area contributed by atoms with Crippen LogP contribution in [0.5, 0.6) is 0 Å². The zero-order valence-electron chi connectivity index (χ0n) is 24.9. The van der Waals surface area contributed by atoms with Crippen molar-refractivity contribution in [3.05, 3.63) is 76.7 Å². The van der Waals surface area contributed by atoms with Gasteiger partial charge in [0.2, 0.25) is 5.91 Å². The van der Waals surface area contributed by atoms with E-state index in [1.54, 1.807) is 13.0 Å². The number of carbonyl (C=O) groups excluding carboxylic acids is 1. The number of halogens is 7. The highest BCUT2D eigenvalue weighted by atomic mass is 19.4. The summed E-state index contributed by atoms with van der Waals surface area (Å²) in [5.74, 6) is -0.713. The number of β-lactam (4-membered cyclic amide) rings is 1. The molecular formula is C32H31F7N4O3. The zero-order chi connectivity index (χ0) is 33.2. The molecule has 1 unspecified atom stereocenters. The van der Waals surface area contributed by atoms with E-state index in [4.69, 9.17) is 4.74 Å². The highest BCUT2D eigenvalue weighted by Gasteiger charge is 2.52. The molecule has 1 N–H and O–H groups in total. The third kappa shape index (κ3) is 5.71. The number of fused-ring (bicyclic) bond motifs is 1. The van der Waals surface area contributed by atoms with Crippen LogP contribution in [0.25, 0.3) is 11.1 Å². The van der Waals surface area contributed by atoms with Gasteiger partial charge in [-0.2, -0.15) is 26.3 Å². The molecule has 0 bridgehead atoms. The van der Waals surface area contributed by atoms with E-state index in [0.29, 0.717) is 60.9 Å². The molecule has 14 heteroatoms. The van der Waals surface area contributed by atoms with E-state index >= 15 is 0 Å². The van der Waals surface area contributed by atoms with Gasteiger partial charge in [0.1, 0.15) is 11.6 Å². The lowest BCUT2D eigenvalue weighted by molar-refractivity contribution is -0.143. The predicted molar refractivity (Wildman–Crippen MR) is 155 cm³/mol. The normalized spacial score (nSPS) is 24.2. The number of morpholine rings is 1. The Bertz CT molecular complexity index is 1630. The number of aromatic nitrogens is 1. The third-order valence-corrected chi connectivity index (χ3v) is 9.20. The molecule has 0 spiro atoms. The summed E-state index contributed by atoms with van der Waals surface area (Å²) in [6.45, 7) is 5.50. The van der Waals surface area contributed by atoms with Crippen LogP contribution in [0.3, 0.4) is 0 Å². The summed E-state index contributed by atoms with van der Waals surface area (Å²) in [5.41, 5.74) is -3.26. The van der Waals surface area contributed by atoms with E-state index in [1.807, 2.05) is 4.90 Å². The molecule has 0 saturated carbocycles. The van der Waals surface area contributed by atoms with Crippen molar-refractivity contribution in [1.29, 1.82) is 0 Å². The Labute approximate surface area is 260 Å². The third-order valence-electron chi connectivity index (χ3n) is 9.20. The second-order valence-electron chi connectivity index (χ2n) is 12.2. The van der Waals surface area contributed by atoms with Crippen LogP contribution in [0, 0.1) is 12.7 Å². The summed E-state index contributed by atoms with van der Waals surface area (Å²) >= 11 is 0. The second-order valence-corrected chi connectivity index (χ2v) is 12.2. The van der Waals surface area contributed by atoms with Crippen molar-refractivity contribution in [1.82, 2.24) is 9.88 Å². The fourth-order valence-electron chi connectivity index (χ4n) is 6.58. The highest BCUT2D eigenvalue weighted by molar-refractivity contribution is 6.10. The summed E-state index contributed by atoms with van der Waals surface area (Å²) in [7, 11) is 0. The fraction of sp³-hybridized carbons (Fsp3) is 0.438. The number of aliphatic hydroxyl groups excluding tert-OH is 1. The molecule has 246 valence electrons. The number of hydrogen-bond acceptors (Lipinski definition) is 6. The van der Waals surface area contributed by atoms with Crippen LogP contribution in [-0.4, -0.2) is 79.0 Å². The number of aryl methyl sites for hydroxylation is 1. The molecule has 3 fully saturated rings.